The zero-order valence-electron chi connectivity index (χ0n) is 15.2. The van der Waals surface area contributed by atoms with Crippen LogP contribution in [-0.4, -0.2) is 50.1 Å². The number of sulfonamides is 1. The molecule has 0 bridgehead atoms. The highest BCUT2D eigenvalue weighted by atomic mass is 35.5. The van der Waals surface area contributed by atoms with Gasteiger partial charge in [-0.2, -0.15) is 4.98 Å². The number of rotatable bonds is 3. The van der Waals surface area contributed by atoms with Gasteiger partial charge in [-0.25, -0.2) is 8.42 Å². The molecule has 28 heavy (non-hydrogen) atoms. The molecule has 2 aromatic carbocycles. The van der Waals surface area contributed by atoms with E-state index in [1.165, 1.54) is 4.31 Å². The third kappa shape index (κ3) is 2.86. The molecule has 2 aliphatic rings. The molecule has 1 unspecified atom stereocenters. The normalized spacial score (nSPS) is 21.0. The van der Waals surface area contributed by atoms with E-state index in [2.05, 4.69) is 20.4 Å². The fraction of sp³-hybridized carbons (Fsp3) is 0.333. The first kappa shape index (κ1) is 19.1. The molecule has 0 amide bonds. The summed E-state index contributed by atoms with van der Waals surface area (Å²) >= 11 is 0. The molecule has 0 saturated carbocycles. The zero-order valence-corrected chi connectivity index (χ0v) is 16.8. The molecule has 2 aliphatic heterocycles. The fourth-order valence-electron chi connectivity index (χ4n) is 3.81. The van der Waals surface area contributed by atoms with E-state index >= 15 is 0 Å². The molecule has 1 aromatic heterocycles. The van der Waals surface area contributed by atoms with Crippen LogP contribution in [0.3, 0.4) is 0 Å². The van der Waals surface area contributed by atoms with Gasteiger partial charge in [-0.15, -0.1) is 12.4 Å². The first-order chi connectivity index (χ1) is 13.1. The Hall–Kier alpha value is -2.20. The molecule has 0 radical (unpaired) electrons. The lowest BCUT2D eigenvalue weighted by Crippen LogP contribution is -2.44. The van der Waals surface area contributed by atoms with Crippen LogP contribution >= 0.6 is 12.4 Å². The summed E-state index contributed by atoms with van der Waals surface area (Å²) in [5.41, 5.74) is 0.652. The third-order valence-corrected chi connectivity index (χ3v) is 7.06. The molecule has 8 nitrogen and oxygen atoms in total. The highest BCUT2D eigenvalue weighted by Crippen LogP contribution is 2.42. The zero-order chi connectivity index (χ0) is 18.6. The minimum Gasteiger partial charge on any atom is -0.337 e. The lowest BCUT2D eigenvalue weighted by Gasteiger charge is -2.30. The molecule has 1 saturated heterocycles. The largest absolute Gasteiger partial charge is 0.337 e. The summed E-state index contributed by atoms with van der Waals surface area (Å²) in [4.78, 5) is 6.96. The number of nitrogens with one attached hydrogen (secondary N) is 1. The first-order valence-electron chi connectivity index (χ1n) is 8.83. The minimum absolute atomic E-state index is 0. The van der Waals surface area contributed by atoms with Gasteiger partial charge in [0, 0.05) is 25.0 Å². The number of piperazine rings is 1. The van der Waals surface area contributed by atoms with Crippen LogP contribution in [0.5, 0.6) is 0 Å². The van der Waals surface area contributed by atoms with Crippen molar-refractivity contribution in [2.75, 3.05) is 31.0 Å². The Morgan fingerprint density at radius 2 is 2.04 bits per heavy atom. The molecule has 5 rings (SSSR count). The van der Waals surface area contributed by atoms with E-state index in [0.29, 0.717) is 16.4 Å². The van der Waals surface area contributed by atoms with Crippen molar-refractivity contribution in [3.63, 3.8) is 0 Å². The van der Waals surface area contributed by atoms with Gasteiger partial charge in [0.05, 0.1) is 16.6 Å². The standard InChI is InChI=1S/C18H19N5O3S.ClH/c1-22-9-8-19-10-14(22)18-20-16(26-21-18)11-23-13-6-2-4-12-5-3-7-15(17(12)13)27(23,24)25;/h2-7,14,19H,8-11H2,1H3;1H. The van der Waals surface area contributed by atoms with Gasteiger partial charge in [-0.3, -0.25) is 9.21 Å². The van der Waals surface area contributed by atoms with Gasteiger partial charge in [0.2, 0.25) is 5.89 Å². The van der Waals surface area contributed by atoms with E-state index in [1.807, 2.05) is 31.3 Å². The number of nitrogens with zero attached hydrogens (tertiary/aromatic N) is 4. The van der Waals surface area contributed by atoms with Crippen LogP contribution in [0.15, 0.2) is 45.8 Å². The summed E-state index contributed by atoms with van der Waals surface area (Å²) in [6.45, 7) is 2.58. The van der Waals surface area contributed by atoms with Crippen LogP contribution < -0.4 is 9.62 Å². The summed E-state index contributed by atoms with van der Waals surface area (Å²) in [6, 6.07) is 10.9. The summed E-state index contributed by atoms with van der Waals surface area (Å²) in [5, 5.41) is 9.05. The lowest BCUT2D eigenvalue weighted by atomic mass is 10.1. The Morgan fingerprint density at radius 3 is 2.82 bits per heavy atom. The second-order valence-electron chi connectivity index (χ2n) is 6.89. The third-order valence-electron chi connectivity index (χ3n) is 5.25. The van der Waals surface area contributed by atoms with Gasteiger partial charge in [0.1, 0.15) is 6.54 Å². The molecule has 1 fully saturated rings. The highest BCUT2D eigenvalue weighted by Gasteiger charge is 2.37. The maximum absolute atomic E-state index is 13.0. The Kier molecular flexibility index (Phi) is 4.78. The van der Waals surface area contributed by atoms with Crippen molar-refractivity contribution in [2.24, 2.45) is 0 Å². The van der Waals surface area contributed by atoms with Crippen molar-refractivity contribution in [1.82, 2.24) is 20.4 Å². The van der Waals surface area contributed by atoms with Gasteiger partial charge in [-0.1, -0.05) is 29.4 Å². The number of benzene rings is 2. The SMILES string of the molecule is CN1CCNCC1c1noc(CN2c3cccc4cccc(c34)S2(=O)=O)n1.Cl. The van der Waals surface area contributed by atoms with Gasteiger partial charge in [0.15, 0.2) is 5.82 Å². The quantitative estimate of drug-likeness (QED) is 0.690. The van der Waals surface area contributed by atoms with Crippen LogP contribution in [-0.2, 0) is 16.6 Å². The number of anilines is 1. The molecule has 10 heteroatoms. The number of hydrogen-bond donors (Lipinski definition) is 1. The van der Waals surface area contributed by atoms with Crippen LogP contribution in [0.1, 0.15) is 17.8 Å². The first-order valence-corrected chi connectivity index (χ1v) is 10.3. The smallest absolute Gasteiger partial charge is 0.265 e. The van der Waals surface area contributed by atoms with E-state index in [9.17, 15) is 8.42 Å². The number of hydrogen-bond acceptors (Lipinski definition) is 7. The summed E-state index contributed by atoms with van der Waals surface area (Å²) in [6.07, 6.45) is 0. The van der Waals surface area contributed by atoms with Crippen LogP contribution in [0.25, 0.3) is 10.8 Å². The maximum Gasteiger partial charge on any atom is 0.265 e. The molecule has 0 aliphatic carbocycles. The van der Waals surface area contributed by atoms with Crippen molar-refractivity contribution >= 4 is 38.9 Å². The average Bonchev–Trinajstić information content (AvgIpc) is 3.21. The van der Waals surface area contributed by atoms with Gasteiger partial charge >= 0.3 is 0 Å². The fourth-order valence-corrected chi connectivity index (χ4v) is 5.47. The van der Waals surface area contributed by atoms with Crippen LogP contribution in [0.2, 0.25) is 0 Å². The van der Waals surface area contributed by atoms with Gasteiger partial charge in [-0.05, 0) is 24.6 Å². The number of likely N-dealkylation sites (N-methyl/N-ethyl adjacent to an activating group) is 1. The summed E-state index contributed by atoms with van der Waals surface area (Å²) < 4.78 is 32.8. The van der Waals surface area contributed by atoms with E-state index in [4.69, 9.17) is 4.52 Å². The molecule has 3 aromatic rings. The Bertz CT molecular complexity index is 1130. The molecule has 1 N–H and O–H groups in total. The molecule has 1 atom stereocenters. The highest BCUT2D eigenvalue weighted by molar-refractivity contribution is 7.93. The van der Waals surface area contributed by atoms with E-state index in [-0.39, 0.29) is 30.9 Å². The molecular weight excluding hydrogens is 402 g/mol. The van der Waals surface area contributed by atoms with Gasteiger partial charge in [0.25, 0.3) is 10.0 Å². The average molecular weight is 422 g/mol. The summed E-state index contributed by atoms with van der Waals surface area (Å²) in [7, 11) is -1.62. The number of halogens is 1. The number of aromatic nitrogens is 2. The van der Waals surface area contributed by atoms with E-state index in [0.717, 1.165) is 30.4 Å². The molecule has 148 valence electrons. The Labute approximate surface area is 169 Å². The van der Waals surface area contributed by atoms with Crippen molar-refractivity contribution in [1.29, 1.82) is 0 Å². The summed E-state index contributed by atoms with van der Waals surface area (Å²) in [5.74, 6) is 0.865. The van der Waals surface area contributed by atoms with Crippen LogP contribution in [0, 0.1) is 0 Å². The Balaban J connectivity index is 0.00000192. The van der Waals surface area contributed by atoms with E-state index in [1.54, 1.807) is 12.1 Å². The van der Waals surface area contributed by atoms with Gasteiger partial charge < -0.3 is 9.84 Å². The predicted molar refractivity (Wildman–Crippen MR) is 107 cm³/mol. The van der Waals surface area contributed by atoms with Crippen LogP contribution in [0.4, 0.5) is 5.69 Å². The molecule has 3 heterocycles. The molecular formula is C18H20ClN5O3S. The van der Waals surface area contributed by atoms with Crippen molar-refractivity contribution < 1.29 is 12.9 Å². The van der Waals surface area contributed by atoms with Crippen molar-refractivity contribution in [2.45, 2.75) is 17.5 Å². The second kappa shape index (κ2) is 7.00. The lowest BCUT2D eigenvalue weighted by molar-refractivity contribution is 0.190. The Morgan fingerprint density at radius 1 is 1.25 bits per heavy atom. The topological polar surface area (TPSA) is 91.6 Å². The predicted octanol–water partition coefficient (Wildman–Crippen LogP) is 1.93. The minimum atomic E-state index is -3.64. The second-order valence-corrected chi connectivity index (χ2v) is 8.72. The maximum atomic E-state index is 13.0. The molecule has 0 spiro atoms. The van der Waals surface area contributed by atoms with Crippen molar-refractivity contribution in [3.8, 4) is 0 Å². The monoisotopic (exact) mass is 421 g/mol. The van der Waals surface area contributed by atoms with E-state index < -0.39 is 10.0 Å². The van der Waals surface area contributed by atoms with Crippen molar-refractivity contribution in [3.05, 3.63) is 48.1 Å².